The van der Waals surface area contributed by atoms with Gasteiger partial charge >= 0.3 is 0 Å². The molecule has 0 aliphatic carbocycles. The summed E-state index contributed by atoms with van der Waals surface area (Å²) < 4.78 is 32.0. The molecule has 7 heteroatoms. The maximum Gasteiger partial charge on any atom is 0.265 e. The van der Waals surface area contributed by atoms with Crippen LogP contribution >= 0.6 is 15.9 Å². The summed E-state index contributed by atoms with van der Waals surface area (Å²) >= 11 is 3.04. The molecule has 0 aromatic heterocycles. The van der Waals surface area contributed by atoms with Gasteiger partial charge in [0.15, 0.2) is 11.6 Å². The Morgan fingerprint density at radius 2 is 1.90 bits per heavy atom. The maximum atomic E-state index is 13.6. The van der Waals surface area contributed by atoms with Crippen molar-refractivity contribution in [3.05, 3.63) is 63.6 Å². The van der Waals surface area contributed by atoms with Crippen LogP contribution in [0.3, 0.4) is 0 Å². The minimum absolute atomic E-state index is 0.0693. The number of nitrogen functional groups attached to an aromatic ring is 1. The third-order valence-corrected chi connectivity index (χ3v) is 3.28. The van der Waals surface area contributed by atoms with Gasteiger partial charge in [0.2, 0.25) is 0 Å². The number of nitrogens with two attached hydrogens (primary N) is 1. The molecule has 3 N–H and O–H groups in total. The third-order valence-electron chi connectivity index (χ3n) is 2.69. The van der Waals surface area contributed by atoms with E-state index in [1.54, 1.807) is 24.3 Å². The lowest BCUT2D eigenvalue weighted by molar-refractivity contribution is 0.0953. The van der Waals surface area contributed by atoms with Crippen LogP contribution < -0.4 is 16.0 Å². The van der Waals surface area contributed by atoms with Crippen LogP contribution in [-0.4, -0.2) is 5.91 Å². The second-order valence-electron chi connectivity index (χ2n) is 4.16. The Hall–Kier alpha value is -1.99. The van der Waals surface area contributed by atoms with Crippen molar-refractivity contribution >= 4 is 21.8 Å². The monoisotopic (exact) mass is 356 g/mol. The molecule has 21 heavy (non-hydrogen) atoms. The van der Waals surface area contributed by atoms with Gasteiger partial charge in [0.1, 0.15) is 12.4 Å². The van der Waals surface area contributed by atoms with E-state index in [0.717, 1.165) is 17.7 Å². The van der Waals surface area contributed by atoms with E-state index in [1.807, 2.05) is 5.43 Å². The van der Waals surface area contributed by atoms with E-state index in [2.05, 4.69) is 15.9 Å². The standard InChI is InChI=1S/C14H11BrF2N2O2/c15-11-5-10(16)6-12(17)13(11)21-7-8-1-3-9(4-2-8)14(20)19-18/h1-6H,7,18H2,(H,19,20). The lowest BCUT2D eigenvalue weighted by Crippen LogP contribution is -2.29. The first-order chi connectivity index (χ1) is 10.0. The number of halogens is 3. The number of nitrogens with one attached hydrogen (secondary N) is 1. The number of hydrazine groups is 1. The molecular formula is C14H11BrF2N2O2. The molecule has 1 amide bonds. The zero-order valence-electron chi connectivity index (χ0n) is 10.7. The molecule has 0 unspecified atom stereocenters. The Balaban J connectivity index is 2.08. The van der Waals surface area contributed by atoms with Crippen LogP contribution in [0.2, 0.25) is 0 Å². The molecule has 0 heterocycles. The molecule has 0 fully saturated rings. The van der Waals surface area contributed by atoms with Gasteiger partial charge in [-0.05, 0) is 39.7 Å². The maximum absolute atomic E-state index is 13.6. The summed E-state index contributed by atoms with van der Waals surface area (Å²) in [5.41, 5.74) is 3.14. The average molecular weight is 357 g/mol. The van der Waals surface area contributed by atoms with Crippen LogP contribution in [0, 0.1) is 11.6 Å². The molecular weight excluding hydrogens is 346 g/mol. The van der Waals surface area contributed by atoms with E-state index in [-0.39, 0.29) is 16.8 Å². The summed E-state index contributed by atoms with van der Waals surface area (Å²) in [6.07, 6.45) is 0. The van der Waals surface area contributed by atoms with Crippen molar-refractivity contribution in [3.8, 4) is 5.75 Å². The van der Waals surface area contributed by atoms with Gasteiger partial charge < -0.3 is 4.74 Å². The number of ether oxygens (including phenoxy) is 1. The van der Waals surface area contributed by atoms with Crippen molar-refractivity contribution in [3.63, 3.8) is 0 Å². The number of amides is 1. The molecule has 0 saturated heterocycles. The van der Waals surface area contributed by atoms with Crippen molar-refractivity contribution < 1.29 is 18.3 Å². The highest BCUT2D eigenvalue weighted by Gasteiger charge is 2.11. The average Bonchev–Trinajstić information content (AvgIpc) is 2.46. The quantitative estimate of drug-likeness (QED) is 0.503. The molecule has 2 aromatic rings. The molecule has 0 bridgehead atoms. The number of benzene rings is 2. The van der Waals surface area contributed by atoms with E-state index in [9.17, 15) is 13.6 Å². The summed E-state index contributed by atoms with van der Waals surface area (Å²) in [5, 5.41) is 0. The number of rotatable bonds is 4. The minimum atomic E-state index is -0.791. The van der Waals surface area contributed by atoms with Crippen molar-refractivity contribution in [1.29, 1.82) is 0 Å². The Bertz CT molecular complexity index is 640. The first kappa shape index (κ1) is 15.4. The van der Waals surface area contributed by atoms with Gasteiger partial charge in [0.05, 0.1) is 4.47 Å². The van der Waals surface area contributed by atoms with Crippen LogP contribution in [0.1, 0.15) is 15.9 Å². The fraction of sp³-hybridized carbons (Fsp3) is 0.0714. The Kier molecular flexibility index (Phi) is 4.87. The second kappa shape index (κ2) is 6.64. The molecule has 0 saturated carbocycles. The molecule has 0 radical (unpaired) electrons. The fourth-order valence-electron chi connectivity index (χ4n) is 1.66. The molecule has 110 valence electrons. The van der Waals surface area contributed by atoms with Crippen molar-refractivity contribution in [2.45, 2.75) is 6.61 Å². The second-order valence-corrected chi connectivity index (χ2v) is 5.01. The number of hydrogen-bond donors (Lipinski definition) is 2. The van der Waals surface area contributed by atoms with Gasteiger partial charge in [0, 0.05) is 11.6 Å². The summed E-state index contributed by atoms with van der Waals surface area (Å²) in [4.78, 5) is 11.3. The van der Waals surface area contributed by atoms with E-state index < -0.39 is 17.5 Å². The largest absolute Gasteiger partial charge is 0.485 e. The Labute approximate surface area is 128 Å². The van der Waals surface area contributed by atoms with E-state index in [1.165, 1.54) is 0 Å². The van der Waals surface area contributed by atoms with Gasteiger partial charge in [-0.3, -0.25) is 10.2 Å². The summed E-state index contributed by atoms with van der Waals surface area (Å²) in [6, 6.07) is 8.30. The lowest BCUT2D eigenvalue weighted by Gasteiger charge is -2.10. The van der Waals surface area contributed by atoms with Crippen LogP contribution in [0.25, 0.3) is 0 Å². The molecule has 0 aliphatic heterocycles. The zero-order chi connectivity index (χ0) is 15.4. The normalized spacial score (nSPS) is 10.3. The fourth-order valence-corrected chi connectivity index (χ4v) is 2.18. The van der Waals surface area contributed by atoms with E-state index in [0.29, 0.717) is 5.56 Å². The van der Waals surface area contributed by atoms with Gasteiger partial charge in [-0.25, -0.2) is 14.6 Å². The van der Waals surface area contributed by atoms with Crippen LogP contribution in [0.5, 0.6) is 5.75 Å². The van der Waals surface area contributed by atoms with Gasteiger partial charge in [-0.2, -0.15) is 0 Å². The predicted molar refractivity (Wildman–Crippen MR) is 76.5 cm³/mol. The van der Waals surface area contributed by atoms with E-state index >= 15 is 0 Å². The van der Waals surface area contributed by atoms with Crippen molar-refractivity contribution in [2.75, 3.05) is 0 Å². The number of carbonyl (C=O) groups excluding carboxylic acids is 1. The third kappa shape index (κ3) is 3.77. The highest BCUT2D eigenvalue weighted by atomic mass is 79.9. The topological polar surface area (TPSA) is 64.3 Å². The molecule has 0 aliphatic rings. The molecule has 0 spiro atoms. The Morgan fingerprint density at radius 3 is 2.48 bits per heavy atom. The molecule has 2 aromatic carbocycles. The first-order valence-electron chi connectivity index (χ1n) is 5.88. The highest BCUT2D eigenvalue weighted by Crippen LogP contribution is 2.29. The predicted octanol–water partition coefficient (Wildman–Crippen LogP) is 2.91. The Morgan fingerprint density at radius 1 is 1.24 bits per heavy atom. The molecule has 0 atom stereocenters. The van der Waals surface area contributed by atoms with Crippen LogP contribution in [-0.2, 0) is 6.61 Å². The minimum Gasteiger partial charge on any atom is -0.485 e. The van der Waals surface area contributed by atoms with Crippen molar-refractivity contribution in [2.24, 2.45) is 5.84 Å². The summed E-state index contributed by atoms with van der Waals surface area (Å²) in [6.45, 7) is 0.0751. The van der Waals surface area contributed by atoms with Crippen molar-refractivity contribution in [1.82, 2.24) is 5.43 Å². The van der Waals surface area contributed by atoms with Gasteiger partial charge in [0.25, 0.3) is 5.91 Å². The number of hydrogen-bond acceptors (Lipinski definition) is 3. The van der Waals surface area contributed by atoms with E-state index in [4.69, 9.17) is 10.6 Å². The molecule has 4 nitrogen and oxygen atoms in total. The van der Waals surface area contributed by atoms with Gasteiger partial charge in [-0.15, -0.1) is 0 Å². The summed E-state index contributed by atoms with van der Waals surface area (Å²) in [7, 11) is 0. The number of carbonyl (C=O) groups is 1. The lowest BCUT2D eigenvalue weighted by atomic mass is 10.1. The first-order valence-corrected chi connectivity index (χ1v) is 6.68. The smallest absolute Gasteiger partial charge is 0.265 e. The van der Waals surface area contributed by atoms with Crippen LogP contribution in [0.15, 0.2) is 40.9 Å². The summed E-state index contributed by atoms with van der Waals surface area (Å²) in [5.74, 6) is 3.06. The zero-order valence-corrected chi connectivity index (χ0v) is 12.3. The SMILES string of the molecule is NNC(=O)c1ccc(COc2c(F)cc(F)cc2Br)cc1. The van der Waals surface area contributed by atoms with Crippen LogP contribution in [0.4, 0.5) is 8.78 Å². The highest BCUT2D eigenvalue weighted by molar-refractivity contribution is 9.10. The van der Waals surface area contributed by atoms with Gasteiger partial charge in [-0.1, -0.05) is 12.1 Å². The molecule has 2 rings (SSSR count).